The van der Waals surface area contributed by atoms with Crippen molar-refractivity contribution in [1.29, 1.82) is 0 Å². The van der Waals surface area contributed by atoms with Gasteiger partial charge in [0.2, 0.25) is 22.3 Å². The van der Waals surface area contributed by atoms with Crippen molar-refractivity contribution < 1.29 is 27.8 Å². The number of amides is 1. The maximum atomic E-state index is 13.1. The Kier molecular flexibility index (Phi) is 6.92. The molecule has 0 aliphatic carbocycles. The lowest BCUT2D eigenvalue weighted by molar-refractivity contribution is -0.0785. The van der Waals surface area contributed by atoms with Crippen LogP contribution in [-0.2, 0) is 14.8 Å². The SMILES string of the molecule is COC(O)N1c2ccc(-c3ccc(NS(C)(=O)=O)cc3)cc2N(C(=O)Oc2ccccn2)C[C@@H]1C. The zero-order valence-corrected chi connectivity index (χ0v) is 20.3. The molecule has 2 heterocycles. The molecule has 0 saturated heterocycles. The zero-order chi connectivity index (χ0) is 25.2. The van der Waals surface area contributed by atoms with Crippen molar-refractivity contribution in [1.82, 2.24) is 4.98 Å². The molecule has 11 heteroatoms. The Hall–Kier alpha value is -3.67. The highest BCUT2D eigenvalue weighted by molar-refractivity contribution is 7.92. The van der Waals surface area contributed by atoms with Crippen LogP contribution in [0.5, 0.6) is 5.88 Å². The number of pyridine rings is 1. The van der Waals surface area contributed by atoms with Crippen LogP contribution in [0.2, 0.25) is 0 Å². The number of nitrogens with zero attached hydrogens (tertiary/aromatic N) is 3. The molecule has 3 aromatic rings. The molecule has 4 rings (SSSR count). The summed E-state index contributed by atoms with van der Waals surface area (Å²) in [6.45, 7) is 2.10. The average molecular weight is 499 g/mol. The van der Waals surface area contributed by atoms with Gasteiger partial charge in [-0.25, -0.2) is 18.2 Å². The average Bonchev–Trinajstić information content (AvgIpc) is 2.83. The Labute approximate surface area is 203 Å². The molecular weight excluding hydrogens is 472 g/mol. The third-order valence-corrected chi connectivity index (χ3v) is 6.09. The number of ether oxygens (including phenoxy) is 2. The number of carbonyl (C=O) groups is 1. The van der Waals surface area contributed by atoms with E-state index in [0.717, 1.165) is 17.4 Å². The summed E-state index contributed by atoms with van der Waals surface area (Å²) in [5.74, 6) is 0.177. The molecule has 1 aromatic heterocycles. The zero-order valence-electron chi connectivity index (χ0n) is 19.5. The van der Waals surface area contributed by atoms with Crippen molar-refractivity contribution in [2.75, 3.05) is 34.4 Å². The van der Waals surface area contributed by atoms with Crippen LogP contribution in [0.3, 0.4) is 0 Å². The van der Waals surface area contributed by atoms with Gasteiger partial charge in [-0.1, -0.05) is 24.3 Å². The van der Waals surface area contributed by atoms with Crippen molar-refractivity contribution in [2.45, 2.75) is 19.4 Å². The molecule has 0 bridgehead atoms. The molecule has 1 aliphatic heterocycles. The molecule has 10 nitrogen and oxygen atoms in total. The molecular formula is C24H26N4O6S. The van der Waals surface area contributed by atoms with E-state index in [9.17, 15) is 18.3 Å². The summed E-state index contributed by atoms with van der Waals surface area (Å²) < 4.78 is 36.0. The molecule has 35 heavy (non-hydrogen) atoms. The standard InChI is InChI=1S/C24H26N4O6S/c1-16-15-27(23(29)34-22-6-4-5-13-25-22)21-14-18(9-12-20(21)28(16)24(30)33-2)17-7-10-19(11-8-17)26-35(3,31)32/h4-14,16,24,26,30H,15H2,1-3H3/t16-,24?/m0/s1. The Morgan fingerprint density at radius 1 is 1.11 bits per heavy atom. The maximum Gasteiger partial charge on any atom is 0.421 e. The first-order chi connectivity index (χ1) is 16.7. The highest BCUT2D eigenvalue weighted by atomic mass is 32.2. The number of fused-ring (bicyclic) bond motifs is 1. The Balaban J connectivity index is 1.72. The molecule has 0 radical (unpaired) electrons. The minimum atomic E-state index is -3.39. The molecule has 1 unspecified atom stereocenters. The maximum absolute atomic E-state index is 13.1. The van der Waals surface area contributed by atoms with Crippen molar-refractivity contribution >= 4 is 33.2 Å². The van der Waals surface area contributed by atoms with Crippen LogP contribution in [0.4, 0.5) is 21.9 Å². The fraction of sp³-hybridized carbons (Fsp3) is 0.250. The number of anilines is 3. The summed E-state index contributed by atoms with van der Waals surface area (Å²) in [6.07, 6.45) is 0.814. The summed E-state index contributed by atoms with van der Waals surface area (Å²) in [5, 5.41) is 10.5. The predicted octanol–water partition coefficient (Wildman–Crippen LogP) is 3.26. The first-order valence-corrected chi connectivity index (χ1v) is 12.7. The van der Waals surface area contributed by atoms with E-state index in [1.807, 2.05) is 19.1 Å². The number of aromatic nitrogens is 1. The summed E-state index contributed by atoms with van der Waals surface area (Å²) in [4.78, 5) is 20.4. The van der Waals surface area contributed by atoms with Crippen LogP contribution >= 0.6 is 0 Å². The first-order valence-electron chi connectivity index (χ1n) is 10.8. The lowest BCUT2D eigenvalue weighted by Crippen LogP contribution is -2.54. The van der Waals surface area contributed by atoms with Crippen LogP contribution < -0.4 is 19.3 Å². The Morgan fingerprint density at radius 2 is 1.83 bits per heavy atom. The second-order valence-electron chi connectivity index (χ2n) is 8.12. The summed E-state index contributed by atoms with van der Waals surface area (Å²) in [5.41, 5.74) is 3.15. The minimum absolute atomic E-state index is 0.177. The van der Waals surface area contributed by atoms with E-state index in [-0.39, 0.29) is 18.5 Å². The molecule has 0 spiro atoms. The normalized spacial score (nSPS) is 16.4. The second kappa shape index (κ2) is 9.90. The molecule has 2 atom stereocenters. The highest BCUT2D eigenvalue weighted by Crippen LogP contribution is 2.40. The van der Waals surface area contributed by atoms with E-state index in [1.54, 1.807) is 53.4 Å². The van der Waals surface area contributed by atoms with E-state index in [1.165, 1.54) is 18.2 Å². The van der Waals surface area contributed by atoms with E-state index < -0.39 is 22.5 Å². The van der Waals surface area contributed by atoms with Gasteiger partial charge in [0.05, 0.1) is 17.6 Å². The van der Waals surface area contributed by atoms with E-state index in [2.05, 4.69) is 9.71 Å². The third-order valence-electron chi connectivity index (χ3n) is 5.49. The molecule has 1 amide bonds. The number of sulfonamides is 1. The number of hydrogen-bond acceptors (Lipinski definition) is 8. The molecule has 2 aromatic carbocycles. The summed E-state index contributed by atoms with van der Waals surface area (Å²) in [6, 6.07) is 17.1. The van der Waals surface area contributed by atoms with Gasteiger partial charge in [-0.3, -0.25) is 9.62 Å². The number of hydrogen-bond donors (Lipinski definition) is 2. The quantitative estimate of drug-likeness (QED) is 0.497. The van der Waals surface area contributed by atoms with Gasteiger partial charge in [0, 0.05) is 37.6 Å². The number of nitrogens with one attached hydrogen (secondary N) is 1. The van der Waals surface area contributed by atoms with Gasteiger partial charge in [-0.15, -0.1) is 0 Å². The van der Waals surface area contributed by atoms with Crippen LogP contribution in [0.1, 0.15) is 6.92 Å². The second-order valence-corrected chi connectivity index (χ2v) is 9.87. The van der Waals surface area contributed by atoms with E-state index >= 15 is 0 Å². The number of methoxy groups -OCH3 is 1. The monoisotopic (exact) mass is 498 g/mol. The van der Waals surface area contributed by atoms with Gasteiger partial charge in [-0.2, -0.15) is 0 Å². The molecule has 0 saturated carbocycles. The predicted molar refractivity (Wildman–Crippen MR) is 133 cm³/mol. The minimum Gasteiger partial charge on any atom is -0.391 e. The van der Waals surface area contributed by atoms with Crippen LogP contribution in [0.25, 0.3) is 11.1 Å². The van der Waals surface area contributed by atoms with Crippen molar-refractivity contribution in [3.8, 4) is 17.0 Å². The van der Waals surface area contributed by atoms with Crippen LogP contribution in [0, 0.1) is 0 Å². The lowest BCUT2D eigenvalue weighted by atomic mass is 10.0. The van der Waals surface area contributed by atoms with Crippen molar-refractivity contribution in [3.63, 3.8) is 0 Å². The largest absolute Gasteiger partial charge is 0.421 e. The number of aliphatic hydroxyl groups excluding tert-OH is 1. The third kappa shape index (κ3) is 5.53. The highest BCUT2D eigenvalue weighted by Gasteiger charge is 2.36. The number of benzene rings is 2. The fourth-order valence-electron chi connectivity index (χ4n) is 3.95. The van der Waals surface area contributed by atoms with Gasteiger partial charge in [0.15, 0.2) is 0 Å². The van der Waals surface area contributed by atoms with Crippen molar-refractivity contribution in [3.05, 3.63) is 66.9 Å². The van der Waals surface area contributed by atoms with Crippen LogP contribution in [0.15, 0.2) is 66.9 Å². The van der Waals surface area contributed by atoms with Gasteiger partial charge in [0.1, 0.15) is 0 Å². The number of aliphatic hydroxyl groups is 1. The molecule has 1 aliphatic rings. The summed E-state index contributed by atoms with van der Waals surface area (Å²) >= 11 is 0. The lowest BCUT2D eigenvalue weighted by Gasteiger charge is -2.43. The summed E-state index contributed by atoms with van der Waals surface area (Å²) in [7, 11) is -1.98. The van der Waals surface area contributed by atoms with Crippen molar-refractivity contribution in [2.24, 2.45) is 0 Å². The fourth-order valence-corrected chi connectivity index (χ4v) is 4.51. The van der Waals surface area contributed by atoms with Gasteiger partial charge < -0.3 is 19.5 Å². The number of rotatable bonds is 6. The Bertz CT molecular complexity index is 1300. The Morgan fingerprint density at radius 3 is 2.46 bits per heavy atom. The smallest absolute Gasteiger partial charge is 0.391 e. The molecule has 0 fully saturated rings. The van der Waals surface area contributed by atoms with Gasteiger partial charge in [-0.05, 0) is 48.4 Å². The topological polar surface area (TPSA) is 121 Å². The molecule has 184 valence electrons. The van der Waals surface area contributed by atoms with Gasteiger partial charge >= 0.3 is 6.09 Å². The van der Waals surface area contributed by atoms with Crippen LogP contribution in [-0.4, -0.2) is 57.0 Å². The first kappa shape index (κ1) is 24.5. The van der Waals surface area contributed by atoms with E-state index in [4.69, 9.17) is 9.47 Å². The molecule has 2 N–H and O–H groups in total. The van der Waals surface area contributed by atoms with E-state index in [0.29, 0.717) is 17.1 Å². The number of carbonyl (C=O) groups excluding carboxylic acids is 1. The van der Waals surface area contributed by atoms with Gasteiger partial charge in [0.25, 0.3) is 0 Å².